The molecule has 2 aromatic carbocycles. The van der Waals surface area contributed by atoms with Crippen molar-refractivity contribution < 1.29 is 19.8 Å². The summed E-state index contributed by atoms with van der Waals surface area (Å²) >= 11 is 6.48. The van der Waals surface area contributed by atoms with E-state index < -0.39 is 11.8 Å². The number of hydrazone groups is 1. The van der Waals surface area contributed by atoms with Gasteiger partial charge in [-0.15, -0.1) is 10.2 Å². The van der Waals surface area contributed by atoms with E-state index >= 15 is 0 Å². The van der Waals surface area contributed by atoms with Crippen LogP contribution in [-0.4, -0.2) is 28.2 Å². The molecule has 0 bridgehead atoms. The Bertz CT molecular complexity index is 916. The molecular formula is C17H14Br2N4O4. The van der Waals surface area contributed by atoms with E-state index in [4.69, 9.17) is 0 Å². The second-order valence-electron chi connectivity index (χ2n) is 5.22. The fourth-order valence-corrected chi connectivity index (χ4v) is 2.54. The van der Waals surface area contributed by atoms with Crippen LogP contribution in [0.2, 0.25) is 0 Å². The van der Waals surface area contributed by atoms with E-state index in [2.05, 4.69) is 52.6 Å². The first-order valence-electron chi connectivity index (χ1n) is 7.58. The first-order valence-corrected chi connectivity index (χ1v) is 9.17. The van der Waals surface area contributed by atoms with Crippen molar-refractivity contribution in [1.82, 2.24) is 5.43 Å². The maximum atomic E-state index is 11.7. The van der Waals surface area contributed by atoms with Gasteiger partial charge >= 0.3 is 0 Å². The molecule has 0 atom stereocenters. The van der Waals surface area contributed by atoms with Gasteiger partial charge in [0.2, 0.25) is 5.91 Å². The monoisotopic (exact) mass is 496 g/mol. The molecule has 0 aliphatic carbocycles. The van der Waals surface area contributed by atoms with Crippen LogP contribution in [-0.2, 0) is 9.59 Å². The summed E-state index contributed by atoms with van der Waals surface area (Å²) in [5.74, 6) is -1.20. The zero-order chi connectivity index (χ0) is 19.8. The van der Waals surface area contributed by atoms with Gasteiger partial charge in [-0.05, 0) is 36.4 Å². The number of amides is 2. The Labute approximate surface area is 171 Å². The number of carbonyl (C=O) groups is 2. The molecule has 140 valence electrons. The van der Waals surface area contributed by atoms with Crippen LogP contribution in [0.4, 0.5) is 5.69 Å². The van der Waals surface area contributed by atoms with Crippen molar-refractivity contribution in [2.45, 2.75) is 12.8 Å². The van der Waals surface area contributed by atoms with Crippen LogP contribution in [0.1, 0.15) is 18.4 Å². The summed E-state index contributed by atoms with van der Waals surface area (Å²) in [5.41, 5.74) is 2.82. The number of rotatable bonds is 6. The lowest BCUT2D eigenvalue weighted by atomic mass is 10.2. The van der Waals surface area contributed by atoms with Crippen LogP contribution in [0.15, 0.2) is 60.7 Å². The molecule has 2 rings (SSSR count). The predicted octanol–water partition coefficient (Wildman–Crippen LogP) is 4.16. The molecule has 0 heterocycles. The van der Waals surface area contributed by atoms with Crippen molar-refractivity contribution in [1.29, 1.82) is 0 Å². The van der Waals surface area contributed by atoms with Gasteiger partial charge in [0.15, 0.2) is 0 Å². The number of nitrogens with one attached hydrogen (secondary N) is 1. The molecule has 10 heteroatoms. The topological polar surface area (TPSA) is 124 Å². The van der Waals surface area contributed by atoms with E-state index in [1.165, 1.54) is 24.4 Å². The molecule has 8 nitrogen and oxygen atoms in total. The third-order valence-corrected chi connectivity index (χ3v) is 4.14. The van der Waals surface area contributed by atoms with Crippen molar-refractivity contribution >= 4 is 55.6 Å². The maximum Gasteiger partial charge on any atom is 0.265 e. The molecule has 0 saturated carbocycles. The highest BCUT2D eigenvalue weighted by molar-refractivity contribution is 9.10. The first kappa shape index (κ1) is 20.7. The minimum absolute atomic E-state index is 0.0163. The molecular weight excluding hydrogens is 484 g/mol. The average molecular weight is 498 g/mol. The van der Waals surface area contributed by atoms with Crippen LogP contribution in [0.5, 0.6) is 11.5 Å². The zero-order valence-corrected chi connectivity index (χ0v) is 16.9. The van der Waals surface area contributed by atoms with Crippen molar-refractivity contribution in [3.8, 4) is 11.5 Å². The van der Waals surface area contributed by atoms with Crippen molar-refractivity contribution in [2.24, 2.45) is 15.3 Å². The molecule has 27 heavy (non-hydrogen) atoms. The summed E-state index contributed by atoms with van der Waals surface area (Å²) in [4.78, 5) is 23.4. The summed E-state index contributed by atoms with van der Waals surface area (Å²) < 4.78 is 1.43. The number of aromatic hydroxyl groups is 2. The zero-order valence-electron chi connectivity index (χ0n) is 13.8. The number of nitrogens with zero attached hydrogens (tertiary/aromatic N) is 3. The quantitative estimate of drug-likeness (QED) is 0.315. The van der Waals surface area contributed by atoms with E-state index in [1.807, 2.05) is 0 Å². The molecule has 0 saturated heterocycles. The van der Waals surface area contributed by atoms with Gasteiger partial charge in [0, 0.05) is 27.4 Å². The Kier molecular flexibility index (Phi) is 7.62. The van der Waals surface area contributed by atoms with Gasteiger partial charge in [-0.1, -0.05) is 31.9 Å². The molecule has 0 fully saturated rings. The number of phenolic OH excluding ortho intramolecular Hbond substituents is 2. The van der Waals surface area contributed by atoms with Gasteiger partial charge in [0.1, 0.15) is 17.2 Å². The van der Waals surface area contributed by atoms with E-state index in [0.29, 0.717) is 10.0 Å². The standard InChI is InChI=1S/C17H14Br2N4O4/c18-11-1-3-14(24)10(7-11)9-20-22-16(26)5-6-17(27)23-21-13-8-12(19)2-4-15(13)25/h1-4,7-9,24-25H,5-6H2,(H,22,26)/b20-9+,23-21?. The maximum absolute atomic E-state index is 11.7. The third kappa shape index (κ3) is 6.91. The van der Waals surface area contributed by atoms with Gasteiger partial charge < -0.3 is 10.2 Å². The van der Waals surface area contributed by atoms with Crippen LogP contribution in [0, 0.1) is 0 Å². The number of hydrogen-bond donors (Lipinski definition) is 3. The second-order valence-corrected chi connectivity index (χ2v) is 7.05. The Hall–Kier alpha value is -2.59. The number of azo groups is 1. The van der Waals surface area contributed by atoms with Crippen LogP contribution in [0.25, 0.3) is 0 Å². The smallest absolute Gasteiger partial charge is 0.265 e. The number of halogens is 2. The SMILES string of the molecule is O=C(CCC(=O)N/N=C/c1cc(Br)ccc1O)N=Nc1cc(Br)ccc1O. The normalized spacial score (nSPS) is 11.2. The third-order valence-electron chi connectivity index (χ3n) is 3.16. The lowest BCUT2D eigenvalue weighted by Gasteiger charge is -2.00. The minimum Gasteiger partial charge on any atom is -0.507 e. The number of benzene rings is 2. The Morgan fingerprint density at radius 3 is 2.41 bits per heavy atom. The van der Waals surface area contributed by atoms with Crippen LogP contribution >= 0.6 is 31.9 Å². The highest BCUT2D eigenvalue weighted by Crippen LogP contribution is 2.29. The largest absolute Gasteiger partial charge is 0.507 e. The van der Waals surface area contributed by atoms with E-state index in [-0.39, 0.29) is 30.0 Å². The predicted molar refractivity (Wildman–Crippen MR) is 106 cm³/mol. The van der Waals surface area contributed by atoms with Crippen molar-refractivity contribution in [2.75, 3.05) is 0 Å². The van der Waals surface area contributed by atoms with Gasteiger partial charge in [0.25, 0.3) is 5.91 Å². The van der Waals surface area contributed by atoms with Crippen LogP contribution < -0.4 is 5.43 Å². The molecule has 0 aliphatic rings. The fraction of sp³-hybridized carbons (Fsp3) is 0.118. The second kappa shape index (κ2) is 9.93. The van der Waals surface area contributed by atoms with Gasteiger partial charge in [-0.3, -0.25) is 9.59 Å². The van der Waals surface area contributed by atoms with Gasteiger partial charge in [0.05, 0.1) is 6.21 Å². The lowest BCUT2D eigenvalue weighted by molar-refractivity contribution is -0.125. The highest BCUT2D eigenvalue weighted by Gasteiger charge is 2.07. The highest BCUT2D eigenvalue weighted by atomic mass is 79.9. The summed E-state index contributed by atoms with van der Waals surface area (Å²) in [6, 6.07) is 9.32. The van der Waals surface area contributed by atoms with Crippen molar-refractivity contribution in [3.05, 3.63) is 50.9 Å². The Balaban J connectivity index is 1.82. The van der Waals surface area contributed by atoms with Crippen molar-refractivity contribution in [3.63, 3.8) is 0 Å². The number of hydrogen-bond acceptors (Lipinski definition) is 6. The summed E-state index contributed by atoms with van der Waals surface area (Å²) in [7, 11) is 0. The molecule has 0 spiro atoms. The Morgan fingerprint density at radius 2 is 1.67 bits per heavy atom. The molecule has 0 radical (unpaired) electrons. The fourth-order valence-electron chi connectivity index (χ4n) is 1.82. The lowest BCUT2D eigenvalue weighted by Crippen LogP contribution is -2.18. The average Bonchev–Trinajstić information content (AvgIpc) is 2.63. The van der Waals surface area contributed by atoms with E-state index in [0.717, 1.165) is 4.47 Å². The molecule has 0 aliphatic heterocycles. The minimum atomic E-state index is -0.613. The number of phenols is 2. The van der Waals surface area contributed by atoms with Gasteiger partial charge in [-0.25, -0.2) is 5.43 Å². The van der Waals surface area contributed by atoms with Gasteiger partial charge in [-0.2, -0.15) is 5.10 Å². The van der Waals surface area contributed by atoms with Crippen LogP contribution in [0.3, 0.4) is 0 Å². The summed E-state index contributed by atoms with van der Waals surface area (Å²) in [5, 5.41) is 30.1. The molecule has 0 aromatic heterocycles. The molecule has 2 amide bonds. The molecule has 3 N–H and O–H groups in total. The van der Waals surface area contributed by atoms with E-state index in [1.54, 1.807) is 18.2 Å². The Morgan fingerprint density at radius 1 is 1.00 bits per heavy atom. The summed E-state index contributed by atoms with van der Waals surface area (Å²) in [6.07, 6.45) is 0.988. The number of carbonyl (C=O) groups excluding carboxylic acids is 2. The first-order chi connectivity index (χ1) is 12.8. The molecule has 0 unspecified atom stereocenters. The molecule has 2 aromatic rings. The summed E-state index contributed by atoms with van der Waals surface area (Å²) in [6.45, 7) is 0. The van der Waals surface area contributed by atoms with E-state index in [9.17, 15) is 19.8 Å².